The molecule has 1 aromatic rings. The fraction of sp³-hybridized carbons (Fsp3) is 0.562. The summed E-state index contributed by atoms with van der Waals surface area (Å²) in [6, 6.07) is 5.95. The maximum atomic E-state index is 11.9. The van der Waals surface area contributed by atoms with Gasteiger partial charge in [0.25, 0.3) is 0 Å². The third-order valence-corrected chi connectivity index (χ3v) is 3.63. The van der Waals surface area contributed by atoms with Crippen molar-refractivity contribution in [1.29, 1.82) is 0 Å². The van der Waals surface area contributed by atoms with Crippen molar-refractivity contribution >= 4 is 21.9 Å². The second-order valence-electron chi connectivity index (χ2n) is 4.73. The van der Waals surface area contributed by atoms with E-state index < -0.39 is 6.10 Å². The Hall–Kier alpha value is -1.07. The molecule has 0 amide bonds. The van der Waals surface area contributed by atoms with Gasteiger partial charge in [0.05, 0.1) is 6.61 Å². The van der Waals surface area contributed by atoms with Gasteiger partial charge in [-0.25, -0.2) is 4.79 Å². The minimum absolute atomic E-state index is 0.141. The van der Waals surface area contributed by atoms with Gasteiger partial charge in [0.15, 0.2) is 6.10 Å². The first kappa shape index (κ1) is 18.0. The lowest BCUT2D eigenvalue weighted by molar-refractivity contribution is -0.151. The smallest absolute Gasteiger partial charge is 0.347 e. The Balaban J connectivity index is 2.97. The molecule has 5 heteroatoms. The Kier molecular flexibility index (Phi) is 7.75. The number of esters is 1. The van der Waals surface area contributed by atoms with Gasteiger partial charge in [-0.05, 0) is 45.0 Å². The molecule has 0 spiro atoms. The van der Waals surface area contributed by atoms with Crippen LogP contribution in [-0.2, 0) is 9.53 Å². The van der Waals surface area contributed by atoms with Crippen LogP contribution in [0.3, 0.4) is 0 Å². The van der Waals surface area contributed by atoms with Crippen LogP contribution in [0.25, 0.3) is 0 Å². The number of ether oxygens (including phenoxy) is 2. The van der Waals surface area contributed by atoms with Crippen LogP contribution in [0.15, 0.2) is 22.7 Å². The third-order valence-electron chi connectivity index (χ3n) is 3.14. The van der Waals surface area contributed by atoms with Crippen molar-refractivity contribution < 1.29 is 14.3 Å². The quantitative estimate of drug-likeness (QED) is 0.718. The minimum Gasteiger partial charge on any atom is -0.478 e. The monoisotopic (exact) mass is 357 g/mol. The van der Waals surface area contributed by atoms with E-state index in [1.54, 1.807) is 6.92 Å². The zero-order valence-electron chi connectivity index (χ0n) is 13.1. The van der Waals surface area contributed by atoms with E-state index in [4.69, 9.17) is 9.47 Å². The number of hydrogen-bond donors (Lipinski definition) is 1. The number of carbonyl (C=O) groups is 1. The molecule has 0 saturated heterocycles. The van der Waals surface area contributed by atoms with Gasteiger partial charge in [-0.2, -0.15) is 0 Å². The fourth-order valence-corrected chi connectivity index (χ4v) is 2.45. The van der Waals surface area contributed by atoms with Gasteiger partial charge in [-0.15, -0.1) is 0 Å². The van der Waals surface area contributed by atoms with Gasteiger partial charge in [0.1, 0.15) is 5.75 Å². The van der Waals surface area contributed by atoms with Crippen LogP contribution in [0.5, 0.6) is 5.75 Å². The second-order valence-corrected chi connectivity index (χ2v) is 5.64. The van der Waals surface area contributed by atoms with Gasteiger partial charge >= 0.3 is 5.97 Å². The highest BCUT2D eigenvalue weighted by molar-refractivity contribution is 9.10. The Labute approximate surface area is 135 Å². The normalized spacial score (nSPS) is 13.6. The summed E-state index contributed by atoms with van der Waals surface area (Å²) in [7, 11) is 0. The molecule has 0 aliphatic rings. The number of halogens is 1. The van der Waals surface area contributed by atoms with Gasteiger partial charge in [0.2, 0.25) is 0 Å². The van der Waals surface area contributed by atoms with Crippen LogP contribution in [0.4, 0.5) is 0 Å². The van der Waals surface area contributed by atoms with E-state index >= 15 is 0 Å². The van der Waals surface area contributed by atoms with Crippen molar-refractivity contribution in [3.63, 3.8) is 0 Å². The summed E-state index contributed by atoms with van der Waals surface area (Å²) in [5.41, 5.74) is 1.02. The molecule has 0 aliphatic carbocycles. The number of benzene rings is 1. The summed E-state index contributed by atoms with van der Waals surface area (Å²) in [4.78, 5) is 11.9. The van der Waals surface area contributed by atoms with Crippen LogP contribution < -0.4 is 10.1 Å². The highest BCUT2D eigenvalue weighted by Gasteiger charge is 2.22. The molecule has 0 aliphatic heterocycles. The Morgan fingerprint density at radius 3 is 2.62 bits per heavy atom. The Morgan fingerprint density at radius 2 is 2.05 bits per heavy atom. The standard InChI is InChI=1S/C16H24BrNO3/c1-5-14(16(19)20-7-3)21-15-9-8-12(17)10-13(15)11(4)18-6-2/h8-11,14,18H,5-7H2,1-4H3. The first-order chi connectivity index (χ1) is 10.0. The fourth-order valence-electron chi connectivity index (χ4n) is 2.07. The van der Waals surface area contributed by atoms with Crippen LogP contribution in [0.2, 0.25) is 0 Å². The second kappa shape index (κ2) is 9.05. The number of nitrogens with one attached hydrogen (secondary N) is 1. The van der Waals surface area contributed by atoms with Crippen molar-refractivity contribution in [2.45, 2.75) is 46.3 Å². The lowest BCUT2D eigenvalue weighted by atomic mass is 10.1. The van der Waals surface area contributed by atoms with E-state index in [0.29, 0.717) is 18.8 Å². The third kappa shape index (κ3) is 5.32. The van der Waals surface area contributed by atoms with Crippen molar-refractivity contribution in [2.24, 2.45) is 0 Å². The van der Waals surface area contributed by atoms with Crippen molar-refractivity contribution in [2.75, 3.05) is 13.2 Å². The van der Waals surface area contributed by atoms with Crippen LogP contribution in [0, 0.1) is 0 Å². The number of rotatable bonds is 8. The molecule has 0 bridgehead atoms. The van der Waals surface area contributed by atoms with Crippen LogP contribution in [-0.4, -0.2) is 25.2 Å². The van der Waals surface area contributed by atoms with Gasteiger partial charge in [0, 0.05) is 16.1 Å². The summed E-state index contributed by atoms with van der Waals surface area (Å²) in [6.45, 7) is 9.06. The van der Waals surface area contributed by atoms with Gasteiger partial charge in [-0.1, -0.05) is 29.8 Å². The summed E-state index contributed by atoms with van der Waals surface area (Å²) in [6.07, 6.45) is 0.00269. The van der Waals surface area contributed by atoms with E-state index in [2.05, 4.69) is 35.1 Å². The van der Waals surface area contributed by atoms with E-state index in [0.717, 1.165) is 16.6 Å². The van der Waals surface area contributed by atoms with Crippen molar-refractivity contribution in [3.05, 3.63) is 28.2 Å². The van der Waals surface area contributed by atoms with E-state index in [1.165, 1.54) is 0 Å². The van der Waals surface area contributed by atoms with Gasteiger partial charge < -0.3 is 14.8 Å². The first-order valence-corrected chi connectivity index (χ1v) is 8.18. The molecule has 1 rings (SSSR count). The van der Waals surface area contributed by atoms with Crippen LogP contribution in [0.1, 0.15) is 45.7 Å². The summed E-state index contributed by atoms with van der Waals surface area (Å²) in [5.74, 6) is 0.400. The molecule has 21 heavy (non-hydrogen) atoms. The molecule has 0 aromatic heterocycles. The Morgan fingerprint density at radius 1 is 1.33 bits per heavy atom. The molecule has 2 atom stereocenters. The number of hydrogen-bond acceptors (Lipinski definition) is 4. The molecular weight excluding hydrogens is 334 g/mol. The average molecular weight is 358 g/mol. The average Bonchev–Trinajstić information content (AvgIpc) is 2.46. The highest BCUT2D eigenvalue weighted by Crippen LogP contribution is 2.29. The van der Waals surface area contributed by atoms with E-state index in [-0.39, 0.29) is 12.0 Å². The summed E-state index contributed by atoms with van der Waals surface area (Å²) in [5, 5.41) is 3.36. The molecule has 0 saturated carbocycles. The van der Waals surface area contributed by atoms with E-state index in [9.17, 15) is 4.79 Å². The molecular formula is C16H24BrNO3. The SMILES string of the molecule is CCNC(C)c1cc(Br)ccc1OC(CC)C(=O)OCC. The zero-order chi connectivity index (χ0) is 15.8. The molecule has 4 nitrogen and oxygen atoms in total. The molecule has 0 fully saturated rings. The molecule has 0 heterocycles. The van der Waals surface area contributed by atoms with Crippen molar-refractivity contribution in [3.8, 4) is 5.75 Å². The molecule has 2 unspecified atom stereocenters. The summed E-state index contributed by atoms with van der Waals surface area (Å²) < 4.78 is 11.9. The topological polar surface area (TPSA) is 47.6 Å². The molecule has 1 N–H and O–H groups in total. The van der Waals surface area contributed by atoms with Crippen molar-refractivity contribution in [1.82, 2.24) is 5.32 Å². The van der Waals surface area contributed by atoms with E-state index in [1.807, 2.05) is 25.1 Å². The minimum atomic E-state index is -0.571. The lowest BCUT2D eigenvalue weighted by Gasteiger charge is -2.21. The summed E-state index contributed by atoms with van der Waals surface area (Å²) >= 11 is 3.48. The highest BCUT2D eigenvalue weighted by atomic mass is 79.9. The lowest BCUT2D eigenvalue weighted by Crippen LogP contribution is -2.29. The van der Waals surface area contributed by atoms with Crippen LogP contribution >= 0.6 is 15.9 Å². The predicted molar refractivity (Wildman–Crippen MR) is 87.6 cm³/mol. The first-order valence-electron chi connectivity index (χ1n) is 7.39. The molecule has 0 radical (unpaired) electrons. The number of carbonyl (C=O) groups excluding carboxylic acids is 1. The molecule has 118 valence electrons. The zero-order valence-corrected chi connectivity index (χ0v) is 14.7. The predicted octanol–water partition coefficient (Wildman–Crippen LogP) is 3.84. The largest absolute Gasteiger partial charge is 0.478 e. The Bertz CT molecular complexity index is 465. The maximum absolute atomic E-state index is 11.9. The molecule has 1 aromatic carbocycles. The maximum Gasteiger partial charge on any atom is 0.347 e. The van der Waals surface area contributed by atoms with Gasteiger partial charge in [-0.3, -0.25) is 0 Å².